The fourth-order valence-corrected chi connectivity index (χ4v) is 4.00. The number of pyridine rings is 1. The van der Waals surface area contributed by atoms with E-state index in [2.05, 4.69) is 4.90 Å². The van der Waals surface area contributed by atoms with E-state index >= 15 is 0 Å². The molecule has 1 amide bonds. The fraction of sp³-hybridized carbons (Fsp3) is 0.647. The molecule has 0 aromatic carbocycles. The van der Waals surface area contributed by atoms with Crippen LogP contribution in [0.25, 0.3) is 0 Å². The Labute approximate surface area is 146 Å². The highest BCUT2D eigenvalue weighted by Gasteiger charge is 2.23. The normalized spacial score (nSPS) is 19.5. The van der Waals surface area contributed by atoms with E-state index in [0.717, 1.165) is 63.0 Å². The first-order valence-electron chi connectivity index (χ1n) is 8.54. The first-order chi connectivity index (χ1) is 11.7. The van der Waals surface area contributed by atoms with E-state index in [-0.39, 0.29) is 11.5 Å². The van der Waals surface area contributed by atoms with E-state index in [1.807, 2.05) is 29.7 Å². The van der Waals surface area contributed by atoms with Gasteiger partial charge >= 0.3 is 0 Å². The summed E-state index contributed by atoms with van der Waals surface area (Å²) in [6.07, 6.45) is 1.81. The minimum Gasteiger partial charge on any atom is -0.379 e. The van der Waals surface area contributed by atoms with Crippen molar-refractivity contribution in [2.45, 2.75) is 13.5 Å². The Morgan fingerprint density at radius 1 is 1.17 bits per heavy atom. The monoisotopic (exact) mass is 351 g/mol. The van der Waals surface area contributed by atoms with Gasteiger partial charge in [0.1, 0.15) is 5.56 Å². The third kappa shape index (κ3) is 4.02. The predicted molar refractivity (Wildman–Crippen MR) is 95.9 cm³/mol. The van der Waals surface area contributed by atoms with Crippen molar-refractivity contribution in [2.24, 2.45) is 0 Å². The van der Waals surface area contributed by atoms with Gasteiger partial charge in [-0.3, -0.25) is 14.5 Å². The number of carbonyl (C=O) groups excluding carboxylic acids is 1. The molecule has 2 fully saturated rings. The molecule has 0 atom stereocenters. The summed E-state index contributed by atoms with van der Waals surface area (Å²) in [6.45, 7) is 8.01. The van der Waals surface area contributed by atoms with Gasteiger partial charge in [0.05, 0.1) is 13.2 Å². The lowest BCUT2D eigenvalue weighted by Crippen LogP contribution is -2.43. The molecule has 1 aromatic heterocycles. The largest absolute Gasteiger partial charge is 0.379 e. The zero-order valence-corrected chi connectivity index (χ0v) is 15.0. The highest BCUT2D eigenvalue weighted by Crippen LogP contribution is 2.13. The van der Waals surface area contributed by atoms with Crippen LogP contribution in [0.5, 0.6) is 0 Å². The van der Waals surface area contributed by atoms with E-state index in [0.29, 0.717) is 12.1 Å². The average Bonchev–Trinajstić information content (AvgIpc) is 2.62. The van der Waals surface area contributed by atoms with Crippen LogP contribution >= 0.6 is 11.8 Å². The molecule has 132 valence electrons. The van der Waals surface area contributed by atoms with Gasteiger partial charge in [-0.2, -0.15) is 11.8 Å². The summed E-state index contributed by atoms with van der Waals surface area (Å²) in [5.41, 5.74) is 0.948. The van der Waals surface area contributed by atoms with Crippen LogP contribution in [0, 0.1) is 6.92 Å². The first-order valence-corrected chi connectivity index (χ1v) is 9.69. The molecule has 2 aliphatic rings. The number of amides is 1. The molecule has 0 radical (unpaired) electrons. The van der Waals surface area contributed by atoms with Gasteiger partial charge in [0, 0.05) is 57.0 Å². The number of nitrogens with zero attached hydrogens (tertiary/aromatic N) is 3. The summed E-state index contributed by atoms with van der Waals surface area (Å²) >= 11 is 1.85. The van der Waals surface area contributed by atoms with Gasteiger partial charge in [0.15, 0.2) is 0 Å². The topological polar surface area (TPSA) is 54.8 Å². The maximum atomic E-state index is 12.8. The molecule has 2 saturated heterocycles. The minimum absolute atomic E-state index is 0.112. The van der Waals surface area contributed by atoms with Crippen LogP contribution in [0.2, 0.25) is 0 Å². The maximum Gasteiger partial charge on any atom is 0.263 e. The Bertz CT molecular complexity index is 634. The molecule has 3 rings (SSSR count). The fourth-order valence-electron chi connectivity index (χ4n) is 3.10. The van der Waals surface area contributed by atoms with Crippen LogP contribution in [0.1, 0.15) is 15.9 Å². The standard InChI is InChI=1S/C17H25N3O3S/c1-14-2-3-19(5-4-18-6-10-23-11-7-18)16(21)15(14)17(22)20-8-12-24-13-9-20/h2-3H,4-13H2,1H3. The van der Waals surface area contributed by atoms with Gasteiger partial charge in [0.25, 0.3) is 11.5 Å². The lowest BCUT2D eigenvalue weighted by atomic mass is 10.1. The second kappa shape index (κ2) is 8.18. The van der Waals surface area contributed by atoms with Crippen LogP contribution in [0.15, 0.2) is 17.1 Å². The Balaban J connectivity index is 1.74. The van der Waals surface area contributed by atoms with Gasteiger partial charge in [0.2, 0.25) is 0 Å². The average molecular weight is 351 g/mol. The van der Waals surface area contributed by atoms with Gasteiger partial charge in [-0.1, -0.05) is 0 Å². The Morgan fingerprint density at radius 3 is 2.58 bits per heavy atom. The van der Waals surface area contributed by atoms with Crippen molar-refractivity contribution in [3.8, 4) is 0 Å². The summed E-state index contributed by atoms with van der Waals surface area (Å²) in [6, 6.07) is 1.88. The van der Waals surface area contributed by atoms with Crippen molar-refractivity contribution in [2.75, 3.05) is 57.4 Å². The summed E-state index contributed by atoms with van der Waals surface area (Å²) in [5.74, 6) is 1.78. The summed E-state index contributed by atoms with van der Waals surface area (Å²) in [4.78, 5) is 29.7. The molecule has 0 unspecified atom stereocenters. The molecule has 0 bridgehead atoms. The van der Waals surface area contributed by atoms with Crippen molar-refractivity contribution in [1.82, 2.24) is 14.4 Å². The molecule has 1 aromatic rings. The van der Waals surface area contributed by atoms with Gasteiger partial charge in [-0.15, -0.1) is 0 Å². The van der Waals surface area contributed by atoms with Crippen LogP contribution < -0.4 is 5.56 Å². The lowest BCUT2D eigenvalue weighted by Gasteiger charge is -2.28. The summed E-state index contributed by atoms with van der Waals surface area (Å²) in [5, 5.41) is 0. The van der Waals surface area contributed by atoms with Crippen molar-refractivity contribution in [3.05, 3.63) is 33.7 Å². The third-order valence-corrected chi connectivity index (χ3v) is 5.59. The van der Waals surface area contributed by atoms with Gasteiger partial charge < -0.3 is 14.2 Å². The van der Waals surface area contributed by atoms with E-state index in [1.54, 1.807) is 10.8 Å². The molecule has 7 heteroatoms. The van der Waals surface area contributed by atoms with Gasteiger partial charge in [-0.25, -0.2) is 0 Å². The Kier molecular flexibility index (Phi) is 5.97. The first kappa shape index (κ1) is 17.5. The molecule has 0 spiro atoms. The maximum absolute atomic E-state index is 12.8. The Hall–Kier alpha value is -1.31. The smallest absolute Gasteiger partial charge is 0.263 e. The molecule has 6 nitrogen and oxygen atoms in total. The van der Waals surface area contributed by atoms with Crippen LogP contribution in [0.4, 0.5) is 0 Å². The molecule has 24 heavy (non-hydrogen) atoms. The second-order valence-corrected chi connectivity index (χ2v) is 7.46. The quantitative estimate of drug-likeness (QED) is 0.798. The number of thioether (sulfide) groups is 1. The van der Waals surface area contributed by atoms with Crippen molar-refractivity contribution < 1.29 is 9.53 Å². The van der Waals surface area contributed by atoms with E-state index in [1.165, 1.54) is 0 Å². The molecule has 3 heterocycles. The highest BCUT2D eigenvalue weighted by atomic mass is 32.2. The zero-order valence-electron chi connectivity index (χ0n) is 14.2. The second-order valence-electron chi connectivity index (χ2n) is 6.23. The molecule has 0 N–H and O–H groups in total. The van der Waals surface area contributed by atoms with Crippen LogP contribution in [0.3, 0.4) is 0 Å². The molecular weight excluding hydrogens is 326 g/mol. The van der Waals surface area contributed by atoms with Gasteiger partial charge in [-0.05, 0) is 18.6 Å². The number of ether oxygens (including phenoxy) is 1. The lowest BCUT2D eigenvalue weighted by molar-refractivity contribution is 0.0362. The number of carbonyl (C=O) groups is 1. The van der Waals surface area contributed by atoms with Crippen LogP contribution in [-0.2, 0) is 11.3 Å². The predicted octanol–water partition coefficient (Wildman–Crippen LogP) is 0.678. The number of morpholine rings is 1. The number of hydrogen-bond acceptors (Lipinski definition) is 5. The molecular formula is C17H25N3O3S. The SMILES string of the molecule is Cc1ccn(CCN2CCOCC2)c(=O)c1C(=O)N1CCSCC1. The van der Waals surface area contributed by atoms with E-state index in [9.17, 15) is 9.59 Å². The van der Waals surface area contributed by atoms with Crippen molar-refractivity contribution in [1.29, 1.82) is 0 Å². The highest BCUT2D eigenvalue weighted by molar-refractivity contribution is 7.99. The molecule has 0 aliphatic carbocycles. The van der Waals surface area contributed by atoms with E-state index < -0.39 is 0 Å². The van der Waals surface area contributed by atoms with Crippen molar-refractivity contribution in [3.63, 3.8) is 0 Å². The Morgan fingerprint density at radius 2 is 1.88 bits per heavy atom. The summed E-state index contributed by atoms with van der Waals surface area (Å²) < 4.78 is 7.02. The van der Waals surface area contributed by atoms with Crippen molar-refractivity contribution >= 4 is 17.7 Å². The molecule has 2 aliphatic heterocycles. The van der Waals surface area contributed by atoms with E-state index in [4.69, 9.17) is 4.74 Å². The number of aromatic nitrogens is 1. The zero-order chi connectivity index (χ0) is 16.9. The van der Waals surface area contributed by atoms with Crippen LogP contribution in [-0.4, -0.2) is 77.7 Å². The molecule has 0 saturated carbocycles. The number of aryl methyl sites for hydroxylation is 1. The number of hydrogen-bond donors (Lipinski definition) is 0. The summed E-state index contributed by atoms with van der Waals surface area (Å²) in [7, 11) is 0. The third-order valence-electron chi connectivity index (χ3n) is 4.65. The number of rotatable bonds is 4. The minimum atomic E-state index is -0.161.